The number of hydrogen-bond donors (Lipinski definition) is 1. The van der Waals surface area contributed by atoms with Crippen LogP contribution in [0.1, 0.15) is 71.6 Å². The Balaban J connectivity index is 2.15. The predicted octanol–water partition coefficient (Wildman–Crippen LogP) is 3.67. The van der Waals surface area contributed by atoms with E-state index in [9.17, 15) is 4.79 Å². The van der Waals surface area contributed by atoms with E-state index in [4.69, 9.17) is 4.74 Å². The molecule has 2 saturated carbocycles. The summed E-state index contributed by atoms with van der Waals surface area (Å²) in [6.07, 6.45) is 11.0. The molecule has 0 heterocycles. The number of nitrogens with one attached hydrogen (secondary N) is 1. The van der Waals surface area contributed by atoms with Gasteiger partial charge in [-0.3, -0.25) is 10.1 Å². The molecule has 2 aliphatic carbocycles. The highest BCUT2D eigenvalue weighted by Gasteiger charge is 2.49. The largest absolute Gasteiger partial charge is 0.468 e. The molecule has 0 aromatic carbocycles. The molecule has 20 heavy (non-hydrogen) atoms. The second-order valence-corrected chi connectivity index (χ2v) is 6.95. The maximum atomic E-state index is 12.5. The molecule has 0 amide bonds. The molecule has 0 bridgehead atoms. The van der Waals surface area contributed by atoms with Crippen molar-refractivity contribution in [2.24, 2.45) is 11.8 Å². The topological polar surface area (TPSA) is 38.3 Å². The van der Waals surface area contributed by atoms with Crippen LogP contribution >= 0.6 is 0 Å². The Morgan fingerprint density at radius 2 is 1.70 bits per heavy atom. The van der Waals surface area contributed by atoms with Crippen molar-refractivity contribution in [1.29, 1.82) is 0 Å². The Hall–Kier alpha value is -0.570. The maximum absolute atomic E-state index is 12.5. The normalized spacial score (nSPS) is 36.4. The van der Waals surface area contributed by atoms with E-state index in [0.717, 1.165) is 12.8 Å². The molecule has 1 N–H and O–H groups in total. The van der Waals surface area contributed by atoms with E-state index in [1.54, 1.807) is 0 Å². The molecular weight excluding hydrogens is 250 g/mol. The maximum Gasteiger partial charge on any atom is 0.326 e. The highest BCUT2D eigenvalue weighted by Crippen LogP contribution is 2.39. The number of rotatable bonds is 3. The molecule has 116 valence electrons. The van der Waals surface area contributed by atoms with Crippen molar-refractivity contribution >= 4 is 5.97 Å². The fraction of sp³-hybridized carbons (Fsp3) is 0.941. The lowest BCUT2D eigenvalue weighted by Crippen LogP contribution is -2.63. The summed E-state index contributed by atoms with van der Waals surface area (Å²) in [5, 5.41) is 3.77. The Labute approximate surface area is 123 Å². The van der Waals surface area contributed by atoms with Crippen molar-refractivity contribution < 1.29 is 9.53 Å². The van der Waals surface area contributed by atoms with Crippen LogP contribution in [0.2, 0.25) is 0 Å². The second kappa shape index (κ2) is 6.93. The highest BCUT2D eigenvalue weighted by molar-refractivity contribution is 5.81. The zero-order valence-corrected chi connectivity index (χ0v) is 13.4. The quantitative estimate of drug-likeness (QED) is 0.633. The summed E-state index contributed by atoms with van der Waals surface area (Å²) < 4.78 is 5.18. The molecule has 3 heteroatoms. The van der Waals surface area contributed by atoms with Crippen molar-refractivity contribution in [3.63, 3.8) is 0 Å². The first kappa shape index (κ1) is 15.8. The minimum atomic E-state index is -0.443. The van der Waals surface area contributed by atoms with E-state index >= 15 is 0 Å². The average molecular weight is 281 g/mol. The van der Waals surface area contributed by atoms with Gasteiger partial charge in [-0.2, -0.15) is 0 Å². The van der Waals surface area contributed by atoms with Crippen molar-refractivity contribution in [3.05, 3.63) is 0 Å². The first-order chi connectivity index (χ1) is 9.60. The minimum Gasteiger partial charge on any atom is -0.468 e. The van der Waals surface area contributed by atoms with Crippen molar-refractivity contribution in [3.8, 4) is 0 Å². The summed E-state index contributed by atoms with van der Waals surface area (Å²) >= 11 is 0. The first-order valence-corrected chi connectivity index (χ1v) is 8.46. The molecule has 2 rings (SSSR count). The fourth-order valence-electron chi connectivity index (χ4n) is 4.19. The van der Waals surface area contributed by atoms with Gasteiger partial charge in [0.15, 0.2) is 0 Å². The molecule has 2 aliphatic rings. The Bertz CT molecular complexity index is 323. The Morgan fingerprint density at radius 1 is 1.05 bits per heavy atom. The first-order valence-electron chi connectivity index (χ1n) is 8.46. The summed E-state index contributed by atoms with van der Waals surface area (Å²) in [7, 11) is 1.53. The molecule has 2 fully saturated rings. The van der Waals surface area contributed by atoms with Crippen LogP contribution in [0, 0.1) is 11.8 Å². The molecule has 0 aromatic heterocycles. The number of esters is 1. The molecule has 3 atom stereocenters. The highest BCUT2D eigenvalue weighted by atomic mass is 16.5. The van der Waals surface area contributed by atoms with Crippen LogP contribution in [0.4, 0.5) is 0 Å². The van der Waals surface area contributed by atoms with Crippen LogP contribution < -0.4 is 5.32 Å². The van der Waals surface area contributed by atoms with E-state index in [2.05, 4.69) is 19.2 Å². The summed E-state index contributed by atoms with van der Waals surface area (Å²) in [6, 6.07) is 0.490. The fourth-order valence-corrected chi connectivity index (χ4v) is 4.19. The summed E-state index contributed by atoms with van der Waals surface area (Å²) in [6.45, 7) is 4.50. The van der Waals surface area contributed by atoms with E-state index in [-0.39, 0.29) is 5.97 Å². The summed E-state index contributed by atoms with van der Waals surface area (Å²) in [5.74, 6) is 0.897. The second-order valence-electron chi connectivity index (χ2n) is 6.95. The number of hydrogen-bond acceptors (Lipinski definition) is 3. The van der Waals surface area contributed by atoms with E-state index in [1.807, 2.05) is 0 Å². The van der Waals surface area contributed by atoms with Gasteiger partial charge in [0.05, 0.1) is 7.11 Å². The van der Waals surface area contributed by atoms with Gasteiger partial charge < -0.3 is 4.74 Å². The lowest BCUT2D eigenvalue weighted by atomic mass is 9.67. The third-order valence-electron chi connectivity index (χ3n) is 5.73. The smallest absolute Gasteiger partial charge is 0.326 e. The van der Waals surface area contributed by atoms with Crippen molar-refractivity contribution in [2.75, 3.05) is 7.11 Å². The van der Waals surface area contributed by atoms with Gasteiger partial charge in [-0.05, 0) is 31.1 Å². The van der Waals surface area contributed by atoms with E-state index in [1.165, 1.54) is 52.1 Å². The molecule has 0 saturated heterocycles. The van der Waals surface area contributed by atoms with Gasteiger partial charge in [-0.25, -0.2) is 0 Å². The molecule has 0 spiro atoms. The van der Waals surface area contributed by atoms with Crippen molar-refractivity contribution in [1.82, 2.24) is 5.32 Å². The zero-order chi connectivity index (χ0) is 14.6. The monoisotopic (exact) mass is 281 g/mol. The number of methoxy groups -OCH3 is 1. The molecule has 0 radical (unpaired) electrons. The lowest BCUT2D eigenvalue weighted by Gasteiger charge is -2.46. The van der Waals surface area contributed by atoms with Crippen LogP contribution in [-0.2, 0) is 9.53 Å². The van der Waals surface area contributed by atoms with E-state index < -0.39 is 5.54 Å². The molecule has 0 aliphatic heterocycles. The summed E-state index contributed by atoms with van der Waals surface area (Å²) in [4.78, 5) is 12.5. The Kier molecular flexibility index (Phi) is 5.48. The van der Waals surface area contributed by atoms with Gasteiger partial charge in [-0.15, -0.1) is 0 Å². The third kappa shape index (κ3) is 3.19. The van der Waals surface area contributed by atoms with Crippen LogP contribution in [0.15, 0.2) is 0 Å². The van der Waals surface area contributed by atoms with E-state index in [0.29, 0.717) is 17.9 Å². The van der Waals surface area contributed by atoms with Gasteiger partial charge >= 0.3 is 5.97 Å². The van der Waals surface area contributed by atoms with Crippen LogP contribution in [-0.4, -0.2) is 24.7 Å². The standard InChI is InChI=1S/C17H31NO2/c1-13-9-8-12-17(14(13)2,16(19)20-3)18-15-10-6-4-5-7-11-15/h13-15,18H,4-12H2,1-3H3. The van der Waals surface area contributed by atoms with Crippen LogP contribution in [0.3, 0.4) is 0 Å². The number of carbonyl (C=O) groups is 1. The molecular formula is C17H31NO2. The van der Waals surface area contributed by atoms with Crippen LogP contribution in [0.25, 0.3) is 0 Å². The molecule has 3 nitrogen and oxygen atoms in total. The van der Waals surface area contributed by atoms with Gasteiger partial charge in [0, 0.05) is 6.04 Å². The molecule has 3 unspecified atom stereocenters. The zero-order valence-electron chi connectivity index (χ0n) is 13.4. The Morgan fingerprint density at radius 3 is 2.30 bits per heavy atom. The van der Waals surface area contributed by atoms with Gasteiger partial charge in [-0.1, -0.05) is 52.4 Å². The summed E-state index contributed by atoms with van der Waals surface area (Å²) in [5.41, 5.74) is -0.443. The molecule has 0 aromatic rings. The SMILES string of the molecule is COC(=O)C1(NC2CCCCCC2)CCCC(C)C1C. The van der Waals surface area contributed by atoms with Crippen LogP contribution in [0.5, 0.6) is 0 Å². The average Bonchev–Trinajstić information content (AvgIpc) is 2.71. The minimum absolute atomic E-state index is 0.0409. The van der Waals surface area contributed by atoms with Gasteiger partial charge in [0.1, 0.15) is 5.54 Å². The number of carbonyl (C=O) groups excluding carboxylic acids is 1. The predicted molar refractivity (Wildman–Crippen MR) is 81.6 cm³/mol. The third-order valence-corrected chi connectivity index (χ3v) is 5.73. The number of ether oxygens (including phenoxy) is 1. The van der Waals surface area contributed by atoms with Gasteiger partial charge in [0.25, 0.3) is 0 Å². The van der Waals surface area contributed by atoms with Crippen molar-refractivity contribution in [2.45, 2.75) is 83.2 Å². The lowest BCUT2D eigenvalue weighted by molar-refractivity contribution is -0.154. The van der Waals surface area contributed by atoms with Gasteiger partial charge in [0.2, 0.25) is 0 Å².